The normalized spacial score (nSPS) is 12.0. The Morgan fingerprint density at radius 2 is 0.782 bits per heavy atom. The van der Waals surface area contributed by atoms with Crippen LogP contribution in [0.15, 0.2) is 191 Å². The summed E-state index contributed by atoms with van der Waals surface area (Å²) in [6.45, 7) is 0. The molecule has 0 saturated carbocycles. The van der Waals surface area contributed by atoms with Crippen molar-refractivity contribution >= 4 is 86.0 Å². The maximum atomic E-state index is 6.75. The van der Waals surface area contributed by atoms with Gasteiger partial charge in [0.25, 0.3) is 0 Å². The van der Waals surface area contributed by atoms with Crippen molar-refractivity contribution in [2.45, 2.75) is 0 Å². The number of thiophene rings is 1. The lowest BCUT2D eigenvalue weighted by atomic mass is 9.85. The zero-order chi connectivity index (χ0) is 36.0. The molecule has 256 valence electrons. The molecule has 0 atom stereocenters. The number of hydrogen-bond donors (Lipinski definition) is 0. The Morgan fingerprint density at radius 1 is 0.273 bits per heavy atom. The summed E-state index contributed by atoms with van der Waals surface area (Å²) in [5, 5.41) is 10.7. The van der Waals surface area contributed by atoms with Gasteiger partial charge >= 0.3 is 0 Å². The molecule has 0 N–H and O–H groups in total. The van der Waals surface area contributed by atoms with E-state index in [1.807, 2.05) is 23.5 Å². The van der Waals surface area contributed by atoms with Gasteiger partial charge in [-0.1, -0.05) is 146 Å². The minimum atomic E-state index is 0.842. The highest BCUT2D eigenvalue weighted by molar-refractivity contribution is 7.25. The van der Waals surface area contributed by atoms with Crippen LogP contribution in [0.1, 0.15) is 0 Å². The summed E-state index contributed by atoms with van der Waals surface area (Å²) in [5.74, 6) is 0.865. The lowest BCUT2D eigenvalue weighted by Crippen LogP contribution is -1.90. The summed E-state index contributed by atoms with van der Waals surface area (Å²) in [7, 11) is 0. The van der Waals surface area contributed by atoms with Crippen LogP contribution < -0.4 is 0 Å². The van der Waals surface area contributed by atoms with E-state index in [-0.39, 0.29) is 0 Å². The summed E-state index contributed by atoms with van der Waals surface area (Å²) in [4.78, 5) is 0. The Labute approximate surface area is 320 Å². The summed E-state index contributed by atoms with van der Waals surface area (Å²) in [6.07, 6.45) is 0. The second kappa shape index (κ2) is 11.8. The van der Waals surface area contributed by atoms with E-state index in [4.69, 9.17) is 8.83 Å². The van der Waals surface area contributed by atoms with Crippen molar-refractivity contribution in [1.82, 2.24) is 0 Å². The first-order valence-electron chi connectivity index (χ1n) is 18.7. The zero-order valence-electron chi connectivity index (χ0n) is 29.5. The maximum absolute atomic E-state index is 6.75. The molecule has 0 spiro atoms. The molecule has 0 bridgehead atoms. The number of benzene rings is 9. The predicted molar refractivity (Wildman–Crippen MR) is 233 cm³/mol. The van der Waals surface area contributed by atoms with Gasteiger partial charge in [0.05, 0.1) is 0 Å². The van der Waals surface area contributed by atoms with Crippen molar-refractivity contribution in [1.29, 1.82) is 0 Å². The van der Waals surface area contributed by atoms with Crippen LogP contribution >= 0.6 is 11.3 Å². The van der Waals surface area contributed by atoms with Crippen LogP contribution in [0.2, 0.25) is 0 Å². The van der Waals surface area contributed by atoms with Gasteiger partial charge in [-0.25, -0.2) is 0 Å². The lowest BCUT2D eigenvalue weighted by molar-refractivity contribution is 0.632. The van der Waals surface area contributed by atoms with Gasteiger partial charge in [-0.05, 0) is 85.8 Å². The second-order valence-corrected chi connectivity index (χ2v) is 15.4. The van der Waals surface area contributed by atoms with E-state index < -0.39 is 0 Å². The molecule has 55 heavy (non-hydrogen) atoms. The van der Waals surface area contributed by atoms with Crippen molar-refractivity contribution < 1.29 is 8.83 Å². The molecule has 3 heterocycles. The van der Waals surface area contributed by atoms with Gasteiger partial charge in [-0.15, -0.1) is 11.3 Å². The first-order valence-corrected chi connectivity index (χ1v) is 19.5. The summed E-state index contributed by atoms with van der Waals surface area (Å²) in [6, 6.07) is 65.3. The smallest absolute Gasteiger partial charge is 0.143 e. The quantitative estimate of drug-likeness (QED) is 0.169. The molecule has 0 fully saturated rings. The molecule has 3 heteroatoms. The van der Waals surface area contributed by atoms with E-state index in [1.54, 1.807) is 0 Å². The number of rotatable bonds is 4. The molecule has 12 rings (SSSR count). The van der Waals surface area contributed by atoms with Crippen LogP contribution in [0, 0.1) is 0 Å². The Hall–Kier alpha value is -6.94. The molecule has 0 aliphatic carbocycles. The molecule has 2 nitrogen and oxygen atoms in total. The molecular weight excluding hydrogens is 689 g/mol. The van der Waals surface area contributed by atoms with Gasteiger partial charge in [-0.3, -0.25) is 0 Å². The first-order chi connectivity index (χ1) is 27.3. The van der Waals surface area contributed by atoms with Crippen molar-refractivity contribution in [3.05, 3.63) is 182 Å². The molecule has 0 unspecified atom stereocenters. The molecule has 0 saturated heterocycles. The molecule has 0 amide bonds. The topological polar surface area (TPSA) is 26.3 Å². The highest BCUT2D eigenvalue weighted by atomic mass is 32.1. The third-order valence-corrected chi connectivity index (χ3v) is 12.4. The van der Waals surface area contributed by atoms with Gasteiger partial charge in [0.2, 0.25) is 0 Å². The van der Waals surface area contributed by atoms with E-state index in [2.05, 4.69) is 170 Å². The van der Waals surface area contributed by atoms with Gasteiger partial charge in [0.15, 0.2) is 0 Å². The molecule has 12 aromatic rings. The highest BCUT2D eigenvalue weighted by Crippen LogP contribution is 2.48. The minimum Gasteiger partial charge on any atom is -0.456 e. The lowest BCUT2D eigenvalue weighted by Gasteiger charge is -2.18. The Bertz CT molecular complexity index is 3420. The maximum Gasteiger partial charge on any atom is 0.143 e. The van der Waals surface area contributed by atoms with Crippen molar-refractivity contribution in [2.75, 3.05) is 0 Å². The van der Waals surface area contributed by atoms with E-state index in [0.717, 1.165) is 60.9 Å². The van der Waals surface area contributed by atoms with Crippen LogP contribution in [0.3, 0.4) is 0 Å². The summed E-state index contributed by atoms with van der Waals surface area (Å²) in [5.41, 5.74) is 10.7. The number of hydrogen-bond acceptors (Lipinski definition) is 3. The predicted octanol–water partition coefficient (Wildman–Crippen LogP) is 15.7. The van der Waals surface area contributed by atoms with E-state index in [0.29, 0.717) is 0 Å². The van der Waals surface area contributed by atoms with E-state index in [1.165, 1.54) is 58.4 Å². The van der Waals surface area contributed by atoms with E-state index in [9.17, 15) is 0 Å². The van der Waals surface area contributed by atoms with Gasteiger partial charge in [-0.2, -0.15) is 0 Å². The number of furan rings is 2. The fourth-order valence-corrected chi connectivity index (χ4v) is 9.98. The van der Waals surface area contributed by atoms with Crippen molar-refractivity contribution in [3.8, 4) is 44.7 Å². The van der Waals surface area contributed by atoms with Crippen LogP contribution in [0.25, 0.3) is 119 Å². The number of fused-ring (bicyclic) bond motifs is 9. The van der Waals surface area contributed by atoms with Crippen molar-refractivity contribution in [2.24, 2.45) is 0 Å². The van der Waals surface area contributed by atoms with Gasteiger partial charge in [0.1, 0.15) is 22.5 Å². The molecule has 0 aliphatic heterocycles. The molecule has 0 aliphatic rings. The van der Waals surface area contributed by atoms with Crippen molar-refractivity contribution in [3.63, 3.8) is 0 Å². The molecule has 9 aromatic carbocycles. The molecular formula is C52H30O2S. The minimum absolute atomic E-state index is 0.842. The first kappa shape index (κ1) is 30.5. The highest BCUT2D eigenvalue weighted by Gasteiger charge is 2.22. The molecule has 0 radical (unpaired) electrons. The second-order valence-electron chi connectivity index (χ2n) is 14.3. The Morgan fingerprint density at radius 3 is 1.47 bits per heavy atom. The summed E-state index contributed by atoms with van der Waals surface area (Å²) >= 11 is 1.87. The fourth-order valence-electron chi connectivity index (χ4n) is 8.84. The zero-order valence-corrected chi connectivity index (χ0v) is 30.4. The average molecular weight is 719 g/mol. The average Bonchev–Trinajstić information content (AvgIpc) is 3.92. The van der Waals surface area contributed by atoms with Gasteiger partial charge < -0.3 is 8.83 Å². The standard InChI is InChI=1S/C52H30O2S/c1-3-13-31(14-4-1)51-43-30-45-42(29-46(43)54-52(51)32-15-5-2-6-16-32)41-27-33(24-26-44(41)53-45)49-37-18-7-9-20-39(37)50(40-21-10-8-19-38(40)49)34-23-25-36-35-17-11-12-22-47(35)55-48(36)28-34/h1-30H. The third kappa shape index (κ3) is 4.60. The fraction of sp³-hybridized carbons (Fsp3) is 0. The van der Waals surface area contributed by atoms with Crippen LogP contribution in [0.4, 0.5) is 0 Å². The largest absolute Gasteiger partial charge is 0.456 e. The summed E-state index contributed by atoms with van der Waals surface area (Å²) < 4.78 is 16.0. The van der Waals surface area contributed by atoms with Crippen LogP contribution in [-0.4, -0.2) is 0 Å². The van der Waals surface area contributed by atoms with Crippen LogP contribution in [0.5, 0.6) is 0 Å². The van der Waals surface area contributed by atoms with Gasteiger partial charge in [0, 0.05) is 47.5 Å². The Balaban J connectivity index is 1.08. The van der Waals surface area contributed by atoms with E-state index >= 15 is 0 Å². The van der Waals surface area contributed by atoms with Crippen LogP contribution in [-0.2, 0) is 0 Å². The molecule has 3 aromatic heterocycles. The third-order valence-electron chi connectivity index (χ3n) is 11.3. The monoisotopic (exact) mass is 718 g/mol. The SMILES string of the molecule is c1ccc(-c2oc3cc4c(cc3c2-c2ccccc2)oc2ccc(-c3c5ccccc5c(-c5ccc6c(c5)sc5ccccc56)c5ccccc35)cc24)cc1. The Kier molecular flexibility index (Phi) is 6.54.